The van der Waals surface area contributed by atoms with Crippen molar-refractivity contribution in [1.29, 1.82) is 0 Å². The van der Waals surface area contributed by atoms with E-state index in [9.17, 15) is 9.59 Å². The van der Waals surface area contributed by atoms with E-state index in [2.05, 4.69) is 20.6 Å². The topological polar surface area (TPSA) is 108 Å². The molecule has 1 N–H and O–H groups in total. The second-order valence-electron chi connectivity index (χ2n) is 6.04. The number of carbonyl (C=O) groups excluding carboxylic acids is 1. The fourth-order valence-electron chi connectivity index (χ4n) is 2.61. The van der Waals surface area contributed by atoms with Gasteiger partial charge in [0.1, 0.15) is 12.3 Å². The van der Waals surface area contributed by atoms with E-state index in [4.69, 9.17) is 4.52 Å². The van der Waals surface area contributed by atoms with E-state index in [1.165, 1.54) is 10.6 Å². The summed E-state index contributed by atoms with van der Waals surface area (Å²) in [6, 6.07) is 4.91. The Morgan fingerprint density at radius 1 is 1.23 bits per heavy atom. The Kier molecular flexibility index (Phi) is 4.70. The zero-order chi connectivity index (χ0) is 18.8. The SMILES string of the molecule is CCc1cc(=O)n(CC(=O)Nc2cc(C)on2)c(-n2nc(C)cc2C)n1. The van der Waals surface area contributed by atoms with Crippen LogP contribution in [0.4, 0.5) is 5.82 Å². The number of rotatable bonds is 5. The van der Waals surface area contributed by atoms with E-state index in [1.807, 2.05) is 26.8 Å². The molecule has 136 valence electrons. The van der Waals surface area contributed by atoms with E-state index < -0.39 is 5.91 Å². The van der Waals surface area contributed by atoms with Crippen LogP contribution >= 0.6 is 0 Å². The van der Waals surface area contributed by atoms with E-state index in [1.54, 1.807) is 17.7 Å². The third kappa shape index (κ3) is 3.56. The minimum absolute atomic E-state index is 0.213. The number of aryl methyl sites for hydroxylation is 4. The largest absolute Gasteiger partial charge is 0.360 e. The summed E-state index contributed by atoms with van der Waals surface area (Å²) in [4.78, 5) is 29.4. The van der Waals surface area contributed by atoms with Crippen LogP contribution in [0.3, 0.4) is 0 Å². The molecule has 0 atom stereocenters. The molecule has 0 saturated heterocycles. The van der Waals surface area contributed by atoms with Gasteiger partial charge in [-0.1, -0.05) is 12.1 Å². The first-order valence-electron chi connectivity index (χ1n) is 8.25. The third-order valence-corrected chi connectivity index (χ3v) is 3.80. The zero-order valence-electron chi connectivity index (χ0n) is 15.1. The molecule has 0 aliphatic carbocycles. The first-order valence-corrected chi connectivity index (χ1v) is 8.25. The number of carbonyl (C=O) groups is 1. The quantitative estimate of drug-likeness (QED) is 0.743. The average Bonchev–Trinajstić information content (AvgIpc) is 3.13. The van der Waals surface area contributed by atoms with Crippen LogP contribution in [0.15, 0.2) is 27.5 Å². The molecule has 0 aliphatic rings. The van der Waals surface area contributed by atoms with E-state index in [0.29, 0.717) is 29.6 Å². The van der Waals surface area contributed by atoms with E-state index >= 15 is 0 Å². The fourth-order valence-corrected chi connectivity index (χ4v) is 2.61. The summed E-state index contributed by atoms with van der Waals surface area (Å²) in [5.74, 6) is 0.779. The lowest BCUT2D eigenvalue weighted by Gasteiger charge is -2.13. The van der Waals surface area contributed by atoms with Gasteiger partial charge in [-0.25, -0.2) is 9.67 Å². The van der Waals surface area contributed by atoms with Crippen molar-refractivity contribution in [3.8, 4) is 5.95 Å². The Hall–Kier alpha value is -3.23. The Labute approximate surface area is 149 Å². The third-order valence-electron chi connectivity index (χ3n) is 3.80. The highest BCUT2D eigenvalue weighted by Gasteiger charge is 2.17. The predicted molar refractivity (Wildman–Crippen MR) is 94.3 cm³/mol. The van der Waals surface area contributed by atoms with Crippen LogP contribution in [0.2, 0.25) is 0 Å². The highest BCUT2D eigenvalue weighted by molar-refractivity contribution is 5.89. The summed E-state index contributed by atoms with van der Waals surface area (Å²) >= 11 is 0. The Bertz CT molecular complexity index is 1010. The van der Waals surface area contributed by atoms with Gasteiger partial charge >= 0.3 is 0 Å². The molecule has 3 aromatic rings. The molecule has 0 unspecified atom stereocenters. The maximum atomic E-state index is 12.6. The monoisotopic (exact) mass is 356 g/mol. The van der Waals surface area contributed by atoms with Gasteiger partial charge < -0.3 is 9.84 Å². The summed E-state index contributed by atoms with van der Waals surface area (Å²) in [6.45, 7) is 7.15. The molecule has 0 saturated carbocycles. The smallest absolute Gasteiger partial charge is 0.255 e. The molecule has 9 heteroatoms. The molecule has 0 fully saturated rings. The van der Waals surface area contributed by atoms with Gasteiger partial charge in [-0.15, -0.1) is 0 Å². The number of hydrogen-bond acceptors (Lipinski definition) is 6. The van der Waals surface area contributed by atoms with Crippen molar-refractivity contribution < 1.29 is 9.32 Å². The normalized spacial score (nSPS) is 10.9. The molecule has 3 heterocycles. The molecule has 0 bridgehead atoms. The van der Waals surface area contributed by atoms with Crippen molar-refractivity contribution in [2.24, 2.45) is 0 Å². The summed E-state index contributed by atoms with van der Waals surface area (Å²) < 4.78 is 7.79. The molecular formula is C17H20N6O3. The van der Waals surface area contributed by atoms with Gasteiger partial charge in [-0.3, -0.25) is 14.2 Å². The summed E-state index contributed by atoms with van der Waals surface area (Å²) in [6.07, 6.45) is 0.604. The lowest BCUT2D eigenvalue weighted by atomic mass is 10.3. The van der Waals surface area contributed by atoms with Gasteiger partial charge in [0.25, 0.3) is 5.56 Å². The zero-order valence-corrected chi connectivity index (χ0v) is 15.1. The standard InChI is InChI=1S/C17H20N6O3/c1-5-13-8-16(25)22(9-15(24)19-14-7-12(4)26-21-14)17(18-13)23-11(3)6-10(2)20-23/h6-8H,5,9H2,1-4H3,(H,19,21,24). The molecular weight excluding hydrogens is 336 g/mol. The van der Waals surface area contributed by atoms with Crippen molar-refractivity contribution in [3.63, 3.8) is 0 Å². The summed E-state index contributed by atoms with van der Waals surface area (Å²) in [5, 5.41) is 10.7. The Balaban J connectivity index is 1.99. The van der Waals surface area contributed by atoms with Crippen LogP contribution in [-0.2, 0) is 17.8 Å². The lowest BCUT2D eigenvalue weighted by molar-refractivity contribution is -0.116. The molecule has 0 spiro atoms. The first-order chi connectivity index (χ1) is 12.4. The minimum atomic E-state index is -0.408. The van der Waals surface area contributed by atoms with E-state index in [0.717, 1.165) is 11.4 Å². The van der Waals surface area contributed by atoms with Crippen LogP contribution < -0.4 is 10.9 Å². The second kappa shape index (κ2) is 6.95. The van der Waals surface area contributed by atoms with Gasteiger partial charge in [0, 0.05) is 23.5 Å². The Morgan fingerprint density at radius 2 is 2.00 bits per heavy atom. The average molecular weight is 356 g/mol. The molecule has 0 aromatic carbocycles. The molecule has 3 aromatic heterocycles. The minimum Gasteiger partial charge on any atom is -0.360 e. The van der Waals surface area contributed by atoms with Crippen LogP contribution in [-0.4, -0.2) is 30.4 Å². The van der Waals surface area contributed by atoms with Crippen molar-refractivity contribution in [1.82, 2.24) is 24.5 Å². The number of nitrogens with zero attached hydrogens (tertiary/aromatic N) is 5. The van der Waals surface area contributed by atoms with Gasteiger partial charge in [-0.2, -0.15) is 5.10 Å². The maximum absolute atomic E-state index is 12.6. The number of anilines is 1. The molecule has 1 amide bonds. The van der Waals surface area contributed by atoms with Crippen LogP contribution in [0.25, 0.3) is 5.95 Å². The molecule has 3 rings (SSSR count). The molecule has 26 heavy (non-hydrogen) atoms. The number of amides is 1. The second-order valence-corrected chi connectivity index (χ2v) is 6.04. The number of aromatic nitrogens is 5. The highest BCUT2D eigenvalue weighted by atomic mass is 16.5. The maximum Gasteiger partial charge on any atom is 0.255 e. The van der Waals surface area contributed by atoms with Crippen LogP contribution in [0.1, 0.15) is 29.8 Å². The van der Waals surface area contributed by atoms with Crippen molar-refractivity contribution >= 4 is 11.7 Å². The van der Waals surface area contributed by atoms with Crippen LogP contribution in [0, 0.1) is 20.8 Å². The molecule has 0 aliphatic heterocycles. The summed E-state index contributed by atoms with van der Waals surface area (Å²) in [5.41, 5.74) is 1.95. The number of hydrogen-bond donors (Lipinski definition) is 1. The lowest BCUT2D eigenvalue weighted by Crippen LogP contribution is -2.32. The van der Waals surface area contributed by atoms with Gasteiger partial charge in [-0.05, 0) is 33.3 Å². The van der Waals surface area contributed by atoms with Crippen molar-refractivity contribution in [2.75, 3.05) is 5.32 Å². The first kappa shape index (κ1) is 17.6. The fraction of sp³-hybridized carbons (Fsp3) is 0.353. The van der Waals surface area contributed by atoms with Gasteiger partial charge in [0.05, 0.1) is 5.69 Å². The van der Waals surface area contributed by atoms with Crippen molar-refractivity contribution in [3.05, 3.63) is 51.4 Å². The van der Waals surface area contributed by atoms with E-state index in [-0.39, 0.29) is 12.1 Å². The number of nitrogens with one attached hydrogen (secondary N) is 1. The van der Waals surface area contributed by atoms with Gasteiger partial charge in [0.2, 0.25) is 11.9 Å². The van der Waals surface area contributed by atoms with Gasteiger partial charge in [0.15, 0.2) is 5.82 Å². The highest BCUT2D eigenvalue weighted by Crippen LogP contribution is 2.11. The predicted octanol–water partition coefficient (Wildman–Crippen LogP) is 1.54. The summed E-state index contributed by atoms with van der Waals surface area (Å²) in [7, 11) is 0. The van der Waals surface area contributed by atoms with Crippen LogP contribution in [0.5, 0.6) is 0 Å². The van der Waals surface area contributed by atoms with Crippen molar-refractivity contribution in [2.45, 2.75) is 40.7 Å². The Morgan fingerprint density at radius 3 is 2.58 bits per heavy atom. The molecule has 0 radical (unpaired) electrons. The molecule has 9 nitrogen and oxygen atoms in total.